The van der Waals surface area contributed by atoms with Gasteiger partial charge in [0.05, 0.1) is 0 Å². The number of rotatable bonds is 0. The molecule has 0 aromatic heterocycles. The number of hydrogen-bond donors (Lipinski definition) is 0. The van der Waals surface area contributed by atoms with Gasteiger partial charge in [-0.2, -0.15) is 4.98 Å². The van der Waals surface area contributed by atoms with Gasteiger partial charge in [-0.3, -0.25) is 9.36 Å². The maximum atomic E-state index is 12.2. The molecule has 2 aliphatic heterocycles. The van der Waals surface area contributed by atoms with E-state index in [-0.39, 0.29) is 5.89 Å². The molecule has 0 spiro atoms. The average molecular weight is 278 g/mol. The van der Waals surface area contributed by atoms with Crippen LogP contribution in [0, 0.1) is 0 Å². The summed E-state index contributed by atoms with van der Waals surface area (Å²) >= 11 is 0. The first-order valence-electron chi connectivity index (χ1n) is 6.47. The monoisotopic (exact) mass is 278 g/mol. The third-order valence-corrected chi connectivity index (χ3v) is 3.68. The molecule has 5 heteroatoms. The Bertz CT molecular complexity index is 1090. The van der Waals surface area contributed by atoms with Gasteiger partial charge in [0.2, 0.25) is 5.89 Å². The van der Waals surface area contributed by atoms with Crippen LogP contribution in [-0.4, -0.2) is 9.55 Å². The molecule has 0 N–H and O–H groups in total. The second-order valence-corrected chi connectivity index (χ2v) is 4.92. The van der Waals surface area contributed by atoms with E-state index in [2.05, 4.69) is 4.98 Å². The fraction of sp³-hybridized carbons (Fsp3) is 0.0625. The molecule has 0 atom stereocenters. The van der Waals surface area contributed by atoms with Gasteiger partial charge in [-0.15, -0.1) is 0 Å². The minimum atomic E-state index is -0.614. The van der Waals surface area contributed by atoms with Crippen molar-refractivity contribution in [1.82, 2.24) is 9.55 Å². The lowest BCUT2D eigenvalue weighted by molar-refractivity contribution is 0.582. The summed E-state index contributed by atoms with van der Waals surface area (Å²) in [6.45, 7) is 0. The predicted octanol–water partition coefficient (Wildman–Crippen LogP) is 2.14. The van der Waals surface area contributed by atoms with Crippen molar-refractivity contribution in [2.75, 3.05) is 0 Å². The van der Waals surface area contributed by atoms with Crippen LogP contribution >= 0.6 is 0 Å². The molecule has 0 saturated heterocycles. The molecular formula is C16H10N2O3. The van der Waals surface area contributed by atoms with Crippen LogP contribution in [0.1, 0.15) is 0 Å². The summed E-state index contributed by atoms with van der Waals surface area (Å²) in [4.78, 5) is 27.6. The predicted molar refractivity (Wildman–Crippen MR) is 79.6 cm³/mol. The number of fused-ring (bicyclic) bond motifs is 4. The quantitative estimate of drug-likeness (QED) is 0.365. The van der Waals surface area contributed by atoms with Crippen molar-refractivity contribution in [3.05, 3.63) is 63.3 Å². The molecule has 21 heavy (non-hydrogen) atoms. The zero-order chi connectivity index (χ0) is 14.6. The van der Waals surface area contributed by atoms with Crippen LogP contribution < -0.4 is 11.2 Å². The second-order valence-electron chi connectivity index (χ2n) is 4.92. The van der Waals surface area contributed by atoms with E-state index in [9.17, 15) is 9.59 Å². The normalized spacial score (nSPS) is 11.5. The van der Waals surface area contributed by atoms with Crippen LogP contribution in [0.5, 0.6) is 0 Å². The van der Waals surface area contributed by atoms with Crippen LogP contribution in [0.25, 0.3) is 33.2 Å². The molecule has 2 heterocycles. The SMILES string of the molecule is Cn1c(=O)nc2oc3ccc4ccccc4c3cc-2c1=O. The van der Waals surface area contributed by atoms with Crippen molar-refractivity contribution < 1.29 is 4.42 Å². The Kier molecular flexibility index (Phi) is 2.27. The Labute approximate surface area is 118 Å². The smallest absolute Gasteiger partial charge is 0.353 e. The first-order valence-corrected chi connectivity index (χ1v) is 6.47. The Hall–Kier alpha value is -2.95. The molecule has 0 fully saturated rings. The van der Waals surface area contributed by atoms with Crippen LogP contribution in [0.2, 0.25) is 0 Å². The van der Waals surface area contributed by atoms with Crippen molar-refractivity contribution >= 4 is 21.7 Å². The summed E-state index contributed by atoms with van der Waals surface area (Å²) in [6.07, 6.45) is 0. The fourth-order valence-corrected chi connectivity index (χ4v) is 2.54. The molecule has 0 saturated carbocycles. The lowest BCUT2D eigenvalue weighted by Gasteiger charge is -2.08. The standard InChI is InChI=1S/C16H10N2O3/c1-18-15(19)12-8-11-10-5-3-2-4-9(10)6-7-13(11)21-14(12)17-16(18)20/h2-8H,1H3. The number of hydrogen-bond acceptors (Lipinski definition) is 4. The van der Waals surface area contributed by atoms with Gasteiger partial charge in [0.25, 0.3) is 5.56 Å². The van der Waals surface area contributed by atoms with Gasteiger partial charge in [-0.05, 0) is 22.9 Å². The Balaban J connectivity index is 2.28. The van der Waals surface area contributed by atoms with E-state index < -0.39 is 11.2 Å². The van der Waals surface area contributed by atoms with E-state index in [0.717, 1.165) is 20.7 Å². The maximum Gasteiger partial charge on any atom is 0.353 e. The molecular weight excluding hydrogens is 268 g/mol. The highest BCUT2D eigenvalue weighted by Gasteiger charge is 2.16. The van der Waals surface area contributed by atoms with Crippen LogP contribution in [0.4, 0.5) is 0 Å². The summed E-state index contributed by atoms with van der Waals surface area (Å²) in [6, 6.07) is 13.4. The first kappa shape index (κ1) is 11.8. The minimum absolute atomic E-state index is 0.0749. The third kappa shape index (κ3) is 1.61. The summed E-state index contributed by atoms with van der Waals surface area (Å²) in [5.74, 6) is 0.0749. The van der Waals surface area contributed by atoms with Gasteiger partial charge in [-0.25, -0.2) is 4.79 Å². The van der Waals surface area contributed by atoms with Gasteiger partial charge in [0.1, 0.15) is 11.1 Å². The van der Waals surface area contributed by atoms with E-state index >= 15 is 0 Å². The topological polar surface area (TPSA) is 65.1 Å². The van der Waals surface area contributed by atoms with Crippen LogP contribution in [-0.2, 0) is 7.05 Å². The van der Waals surface area contributed by atoms with Crippen molar-refractivity contribution in [2.45, 2.75) is 0 Å². The molecule has 4 rings (SSSR count). The third-order valence-electron chi connectivity index (χ3n) is 3.68. The Morgan fingerprint density at radius 1 is 1.05 bits per heavy atom. The Morgan fingerprint density at radius 3 is 2.71 bits per heavy atom. The molecule has 0 bridgehead atoms. The highest BCUT2D eigenvalue weighted by Crippen LogP contribution is 2.29. The molecule has 102 valence electrons. The average Bonchev–Trinajstić information content (AvgIpc) is 2.51. The van der Waals surface area contributed by atoms with E-state index in [1.54, 1.807) is 6.07 Å². The summed E-state index contributed by atoms with van der Waals surface area (Å²) in [7, 11) is 1.41. The summed E-state index contributed by atoms with van der Waals surface area (Å²) in [5.41, 5.74) is -0.109. The molecule has 0 aliphatic carbocycles. The van der Waals surface area contributed by atoms with Gasteiger partial charge >= 0.3 is 5.69 Å². The van der Waals surface area contributed by atoms with Gasteiger partial charge in [0, 0.05) is 12.4 Å². The maximum absolute atomic E-state index is 12.2. The summed E-state index contributed by atoms with van der Waals surface area (Å²) < 4.78 is 6.63. The van der Waals surface area contributed by atoms with Crippen LogP contribution in [0.15, 0.2) is 56.5 Å². The van der Waals surface area contributed by atoms with E-state index in [0.29, 0.717) is 11.1 Å². The van der Waals surface area contributed by atoms with Gasteiger partial charge in [0.15, 0.2) is 0 Å². The number of benzene rings is 2. The van der Waals surface area contributed by atoms with Crippen molar-refractivity contribution in [2.24, 2.45) is 7.05 Å². The summed E-state index contributed by atoms with van der Waals surface area (Å²) in [5, 5.41) is 2.89. The van der Waals surface area contributed by atoms with Crippen LogP contribution in [0.3, 0.4) is 0 Å². The van der Waals surface area contributed by atoms with E-state index in [1.165, 1.54) is 7.05 Å². The fourth-order valence-electron chi connectivity index (χ4n) is 2.54. The molecule has 2 aliphatic rings. The van der Waals surface area contributed by atoms with Crippen molar-refractivity contribution in [1.29, 1.82) is 0 Å². The molecule has 2 aromatic rings. The van der Waals surface area contributed by atoms with Gasteiger partial charge in [-0.1, -0.05) is 30.3 Å². The first-order chi connectivity index (χ1) is 10.1. The van der Waals surface area contributed by atoms with Crippen molar-refractivity contribution in [3.8, 4) is 11.5 Å². The van der Waals surface area contributed by atoms with Crippen molar-refractivity contribution in [3.63, 3.8) is 0 Å². The van der Waals surface area contributed by atoms with E-state index in [1.807, 2.05) is 36.4 Å². The molecule has 0 amide bonds. The molecule has 0 unspecified atom stereocenters. The lowest BCUT2D eigenvalue weighted by Crippen LogP contribution is -2.34. The highest BCUT2D eigenvalue weighted by atomic mass is 16.3. The Morgan fingerprint density at radius 2 is 1.86 bits per heavy atom. The largest absolute Gasteiger partial charge is 0.437 e. The zero-order valence-electron chi connectivity index (χ0n) is 11.2. The van der Waals surface area contributed by atoms with E-state index in [4.69, 9.17) is 4.42 Å². The molecule has 5 nitrogen and oxygen atoms in total. The molecule has 2 aromatic carbocycles. The number of aromatic nitrogens is 2. The highest BCUT2D eigenvalue weighted by molar-refractivity contribution is 6.06. The minimum Gasteiger partial charge on any atom is -0.437 e. The molecule has 0 radical (unpaired) electrons. The number of nitrogens with zero attached hydrogens (tertiary/aromatic N) is 2. The lowest BCUT2D eigenvalue weighted by atomic mass is 10.0. The zero-order valence-corrected chi connectivity index (χ0v) is 11.2. The second kappa shape index (κ2) is 4.02. The van der Waals surface area contributed by atoms with Gasteiger partial charge < -0.3 is 4.42 Å².